The molecule has 1 aliphatic carbocycles. The fourth-order valence-electron chi connectivity index (χ4n) is 3.24. The summed E-state index contributed by atoms with van der Waals surface area (Å²) in [5.74, 6) is 5.64. The van der Waals surface area contributed by atoms with Crippen molar-refractivity contribution >= 4 is 0 Å². The second kappa shape index (κ2) is 9.50. The first kappa shape index (κ1) is 17.7. The van der Waals surface area contributed by atoms with Crippen LogP contribution in [0.15, 0.2) is 30.4 Å². The van der Waals surface area contributed by atoms with Crippen molar-refractivity contribution in [3.05, 3.63) is 47.5 Å². The Bertz CT molecular complexity index is 569. The third kappa shape index (κ3) is 6.18. The van der Waals surface area contributed by atoms with E-state index in [0.717, 1.165) is 18.1 Å². The number of unbranched alkanes of at least 4 members (excludes halogenated alkanes) is 2. The lowest BCUT2D eigenvalue weighted by Crippen LogP contribution is -2.12. The van der Waals surface area contributed by atoms with Crippen LogP contribution in [-0.4, -0.2) is 0 Å². The molecule has 1 aliphatic rings. The quantitative estimate of drug-likeness (QED) is 0.444. The summed E-state index contributed by atoms with van der Waals surface area (Å²) in [5.41, 5.74) is 0.508. The zero-order valence-corrected chi connectivity index (χ0v) is 14.0. The van der Waals surface area contributed by atoms with Crippen molar-refractivity contribution in [2.24, 2.45) is 11.8 Å². The summed E-state index contributed by atoms with van der Waals surface area (Å²) in [4.78, 5) is 0. The maximum Gasteiger partial charge on any atom is 0.160 e. The molecule has 0 nitrogen and oxygen atoms in total. The largest absolute Gasteiger partial charge is 0.204 e. The van der Waals surface area contributed by atoms with Crippen molar-refractivity contribution in [1.82, 2.24) is 0 Å². The number of benzene rings is 1. The molecule has 0 radical (unpaired) electrons. The molecule has 2 heteroatoms. The van der Waals surface area contributed by atoms with E-state index < -0.39 is 11.6 Å². The van der Waals surface area contributed by atoms with Crippen molar-refractivity contribution < 1.29 is 8.78 Å². The SMILES string of the molecule is CCCCC[C@H]1CC[C@H](C=CC#Cc2ccc(F)c(F)c2)CC1. The van der Waals surface area contributed by atoms with Crippen LogP contribution in [0.1, 0.15) is 63.9 Å². The van der Waals surface area contributed by atoms with Gasteiger partial charge >= 0.3 is 0 Å². The molecule has 0 amide bonds. The number of allylic oxidation sites excluding steroid dienone is 2. The predicted molar refractivity (Wildman–Crippen MR) is 92.0 cm³/mol. The highest BCUT2D eigenvalue weighted by atomic mass is 19.2. The van der Waals surface area contributed by atoms with E-state index in [0.29, 0.717) is 11.5 Å². The fraction of sp³-hybridized carbons (Fsp3) is 0.524. The van der Waals surface area contributed by atoms with Crippen molar-refractivity contribution in [3.63, 3.8) is 0 Å². The molecule has 0 unspecified atom stereocenters. The molecule has 0 heterocycles. The first-order chi connectivity index (χ1) is 11.2. The molecule has 0 N–H and O–H groups in total. The van der Waals surface area contributed by atoms with Gasteiger partial charge in [-0.3, -0.25) is 0 Å². The summed E-state index contributed by atoms with van der Waals surface area (Å²) in [6, 6.07) is 3.75. The number of hydrogen-bond acceptors (Lipinski definition) is 0. The van der Waals surface area contributed by atoms with Crippen molar-refractivity contribution in [3.8, 4) is 11.8 Å². The second-order valence-corrected chi connectivity index (χ2v) is 6.53. The third-order valence-corrected chi connectivity index (χ3v) is 4.70. The van der Waals surface area contributed by atoms with Crippen LogP contribution in [0.5, 0.6) is 0 Å². The lowest BCUT2D eigenvalue weighted by atomic mass is 9.79. The number of halogens is 2. The summed E-state index contributed by atoms with van der Waals surface area (Å²) >= 11 is 0. The zero-order valence-electron chi connectivity index (χ0n) is 14.0. The van der Waals surface area contributed by atoms with E-state index in [4.69, 9.17) is 0 Å². The lowest BCUT2D eigenvalue weighted by molar-refractivity contribution is 0.289. The average molecular weight is 316 g/mol. The summed E-state index contributed by atoms with van der Waals surface area (Å²) in [6.45, 7) is 2.25. The van der Waals surface area contributed by atoms with Gasteiger partial charge in [0.25, 0.3) is 0 Å². The maximum atomic E-state index is 13.1. The molecule has 1 aromatic carbocycles. The highest BCUT2D eigenvalue weighted by molar-refractivity contribution is 5.37. The van der Waals surface area contributed by atoms with E-state index in [1.807, 2.05) is 6.08 Å². The Morgan fingerprint density at radius 1 is 1.09 bits per heavy atom. The topological polar surface area (TPSA) is 0 Å². The van der Waals surface area contributed by atoms with Crippen LogP contribution in [0.3, 0.4) is 0 Å². The predicted octanol–water partition coefficient (Wildman–Crippen LogP) is 6.26. The first-order valence-electron chi connectivity index (χ1n) is 8.82. The molecule has 2 rings (SSSR count). The molecule has 1 saturated carbocycles. The van der Waals surface area contributed by atoms with E-state index >= 15 is 0 Å². The van der Waals surface area contributed by atoms with E-state index in [-0.39, 0.29) is 0 Å². The maximum absolute atomic E-state index is 13.1. The van der Waals surface area contributed by atoms with E-state index in [1.54, 1.807) is 0 Å². The van der Waals surface area contributed by atoms with E-state index in [9.17, 15) is 8.78 Å². The Hall–Kier alpha value is -1.62. The summed E-state index contributed by atoms with van der Waals surface area (Å²) in [6.07, 6.45) is 14.6. The summed E-state index contributed by atoms with van der Waals surface area (Å²) < 4.78 is 25.9. The normalized spacial score (nSPS) is 21.2. The Morgan fingerprint density at radius 2 is 1.87 bits per heavy atom. The van der Waals surface area contributed by atoms with Gasteiger partial charge < -0.3 is 0 Å². The van der Waals surface area contributed by atoms with Crippen molar-refractivity contribution in [2.45, 2.75) is 58.3 Å². The van der Waals surface area contributed by atoms with Gasteiger partial charge in [-0.1, -0.05) is 50.5 Å². The second-order valence-electron chi connectivity index (χ2n) is 6.53. The lowest BCUT2D eigenvalue weighted by Gasteiger charge is -2.26. The molecular weight excluding hydrogens is 290 g/mol. The van der Waals surface area contributed by atoms with E-state index in [1.165, 1.54) is 57.4 Å². The Balaban J connectivity index is 1.75. The molecule has 0 aliphatic heterocycles. The van der Waals surface area contributed by atoms with Crippen LogP contribution in [0.25, 0.3) is 0 Å². The molecule has 0 bridgehead atoms. The van der Waals surface area contributed by atoms with Gasteiger partial charge in [-0.2, -0.15) is 0 Å². The monoisotopic (exact) mass is 316 g/mol. The third-order valence-electron chi connectivity index (χ3n) is 4.70. The van der Waals surface area contributed by atoms with Crippen LogP contribution < -0.4 is 0 Å². The van der Waals surface area contributed by atoms with Gasteiger partial charge in [0.2, 0.25) is 0 Å². The molecule has 0 atom stereocenters. The molecule has 1 fully saturated rings. The average Bonchev–Trinajstić information content (AvgIpc) is 2.56. The highest BCUT2D eigenvalue weighted by Gasteiger charge is 2.18. The van der Waals surface area contributed by atoms with Gasteiger partial charge in [0.1, 0.15) is 0 Å². The first-order valence-corrected chi connectivity index (χ1v) is 8.82. The minimum absolute atomic E-state index is 0.508. The Labute approximate surface area is 139 Å². The summed E-state index contributed by atoms with van der Waals surface area (Å²) in [5, 5.41) is 0. The van der Waals surface area contributed by atoms with Gasteiger partial charge in [0, 0.05) is 5.56 Å². The van der Waals surface area contributed by atoms with Gasteiger partial charge in [-0.25, -0.2) is 8.78 Å². The van der Waals surface area contributed by atoms with Crippen LogP contribution in [-0.2, 0) is 0 Å². The van der Waals surface area contributed by atoms with Gasteiger partial charge in [0.15, 0.2) is 11.6 Å². The molecule has 1 aromatic rings. The Morgan fingerprint density at radius 3 is 2.57 bits per heavy atom. The Kier molecular flexibility index (Phi) is 7.33. The van der Waals surface area contributed by atoms with Crippen molar-refractivity contribution in [2.75, 3.05) is 0 Å². The van der Waals surface area contributed by atoms with Gasteiger partial charge in [-0.15, -0.1) is 0 Å². The number of hydrogen-bond donors (Lipinski definition) is 0. The van der Waals surface area contributed by atoms with Crippen LogP contribution in [0.4, 0.5) is 8.78 Å². The molecule has 124 valence electrons. The molecule has 0 aromatic heterocycles. The van der Waals surface area contributed by atoms with Gasteiger partial charge in [0.05, 0.1) is 0 Å². The molecular formula is C21H26F2. The highest BCUT2D eigenvalue weighted by Crippen LogP contribution is 2.32. The minimum atomic E-state index is -0.845. The fourth-order valence-corrected chi connectivity index (χ4v) is 3.24. The molecule has 0 spiro atoms. The van der Waals surface area contributed by atoms with Crippen LogP contribution in [0.2, 0.25) is 0 Å². The van der Waals surface area contributed by atoms with Crippen LogP contribution in [0, 0.1) is 35.3 Å². The summed E-state index contributed by atoms with van der Waals surface area (Å²) in [7, 11) is 0. The zero-order chi connectivity index (χ0) is 16.5. The van der Waals surface area contributed by atoms with Gasteiger partial charge in [-0.05, 0) is 61.8 Å². The standard InChI is InChI=1S/C21H26F2/c1-2-3-4-7-17-10-12-18(13-11-17)8-5-6-9-19-14-15-20(22)21(23)16-19/h5,8,14-18H,2-4,7,10-13H2,1H3/t17-,18-. The molecule has 0 saturated heterocycles. The molecule has 23 heavy (non-hydrogen) atoms. The number of rotatable bonds is 5. The minimum Gasteiger partial charge on any atom is -0.204 e. The smallest absolute Gasteiger partial charge is 0.160 e. The van der Waals surface area contributed by atoms with E-state index in [2.05, 4.69) is 24.8 Å². The van der Waals surface area contributed by atoms with Crippen molar-refractivity contribution in [1.29, 1.82) is 0 Å². The van der Waals surface area contributed by atoms with Crippen LogP contribution >= 0.6 is 0 Å².